The molecule has 0 saturated heterocycles. The van der Waals surface area contributed by atoms with Gasteiger partial charge in [0, 0.05) is 12.8 Å². The van der Waals surface area contributed by atoms with Gasteiger partial charge in [-0.2, -0.15) is 0 Å². The van der Waals surface area contributed by atoms with Crippen LogP contribution in [0.3, 0.4) is 0 Å². The van der Waals surface area contributed by atoms with Crippen molar-refractivity contribution in [3.8, 4) is 0 Å². The number of hydrogen-bond donors (Lipinski definition) is 0. The van der Waals surface area contributed by atoms with Gasteiger partial charge >= 0.3 is 11.9 Å². The predicted octanol–water partition coefficient (Wildman–Crippen LogP) is 29.2. The molecule has 0 amide bonds. The zero-order valence-corrected chi connectivity index (χ0v) is 69.6. The molecule has 2 unspecified atom stereocenters. The Balaban J connectivity index is 3.98. The highest BCUT2D eigenvalue weighted by Gasteiger charge is 2.22. The van der Waals surface area contributed by atoms with E-state index in [1.54, 1.807) is 0 Å². The van der Waals surface area contributed by atoms with E-state index in [2.05, 4.69) is 148 Å². The maximum Gasteiger partial charge on any atom is 0.306 e. The standard InChI is InChI=1S/C94H166NO8P/c1-6-8-10-12-14-16-18-20-22-24-26-28-30-32-34-36-38-40-42-44-46-47-49-50-52-54-56-58-60-62-64-66-68-70-72-74-76-78-80-82-84-86-93(96)100-90-92(91-102-104(98,99)101-89-88-95(3,4)5)103-94(97)87-85-83-81-79-77-75-73-71-69-67-65-63-61-59-57-55-53-51-48-45-43-41-39-37-35-33-31-29-27-25-23-21-19-17-15-13-11-9-7-2/h9,11,15,17,21,23,27,29,33,35,39,41,45,48,53,55,59,61,65,67,71,73,92H,6-8,10,12-14,16,18-20,22,24-26,28,30-32,34,36-38,40,42-44,46-47,49-52,54,56-58,60,62-64,66,68-70,72,74-91H2,1-5H3/b11-9-,17-15-,23-21-,29-27-,35-33-,41-39-,48-45-,55-53-,61-59-,67-65-,73-71-. The quantitative estimate of drug-likeness (QED) is 0.0195. The fourth-order valence-corrected chi connectivity index (χ4v) is 13.3. The fourth-order valence-electron chi connectivity index (χ4n) is 12.6. The summed E-state index contributed by atoms with van der Waals surface area (Å²) in [5, 5.41) is 0. The topological polar surface area (TPSA) is 111 Å². The van der Waals surface area contributed by atoms with Crippen LogP contribution in [-0.4, -0.2) is 70.0 Å². The number of quaternary nitrogens is 1. The number of unbranched alkanes of at least 4 members (excludes halogenated alkanes) is 45. The van der Waals surface area contributed by atoms with Crippen LogP contribution in [-0.2, 0) is 32.7 Å². The molecule has 0 aliphatic heterocycles. The van der Waals surface area contributed by atoms with E-state index >= 15 is 0 Å². The molecular weight excluding hydrogens is 1300 g/mol. The van der Waals surface area contributed by atoms with E-state index in [-0.39, 0.29) is 32.0 Å². The van der Waals surface area contributed by atoms with Crippen molar-refractivity contribution in [1.82, 2.24) is 0 Å². The second-order valence-electron chi connectivity index (χ2n) is 30.5. The Hall–Kier alpha value is -3.85. The van der Waals surface area contributed by atoms with Crippen molar-refractivity contribution in [3.05, 3.63) is 134 Å². The van der Waals surface area contributed by atoms with Crippen LogP contribution in [0.1, 0.15) is 399 Å². The largest absolute Gasteiger partial charge is 0.756 e. The molecule has 9 nitrogen and oxygen atoms in total. The van der Waals surface area contributed by atoms with E-state index in [1.165, 1.54) is 244 Å². The minimum atomic E-state index is -4.66. The average Bonchev–Trinajstić information content (AvgIpc) is 0.915. The minimum Gasteiger partial charge on any atom is -0.756 e. The summed E-state index contributed by atoms with van der Waals surface area (Å²) < 4.78 is 34.4. The summed E-state index contributed by atoms with van der Waals surface area (Å²) in [7, 11) is 1.15. The van der Waals surface area contributed by atoms with E-state index < -0.39 is 26.5 Å². The Bertz CT molecular complexity index is 2230. The molecule has 104 heavy (non-hydrogen) atoms. The van der Waals surface area contributed by atoms with Crippen molar-refractivity contribution in [2.45, 2.75) is 405 Å². The van der Waals surface area contributed by atoms with Gasteiger partial charge in [-0.3, -0.25) is 14.2 Å². The molecule has 0 aliphatic carbocycles. The Morgan fingerprint density at radius 2 is 0.548 bits per heavy atom. The number of rotatable bonds is 81. The normalized spacial score (nSPS) is 13.6. The smallest absolute Gasteiger partial charge is 0.306 e. The lowest BCUT2D eigenvalue weighted by atomic mass is 10.0. The lowest BCUT2D eigenvalue weighted by Gasteiger charge is -2.28. The molecule has 0 bridgehead atoms. The number of phosphoric ester groups is 1. The Morgan fingerprint density at radius 1 is 0.308 bits per heavy atom. The van der Waals surface area contributed by atoms with Crippen LogP contribution in [0, 0.1) is 0 Å². The molecule has 0 aromatic rings. The number of esters is 2. The molecule has 0 rings (SSSR count). The van der Waals surface area contributed by atoms with E-state index in [1.807, 2.05) is 21.1 Å². The predicted molar refractivity (Wildman–Crippen MR) is 452 cm³/mol. The van der Waals surface area contributed by atoms with Crippen LogP contribution in [0.4, 0.5) is 0 Å². The number of likely N-dealkylation sites (N-methyl/N-ethyl adjacent to an activating group) is 1. The first-order chi connectivity index (χ1) is 51.0. The molecule has 0 aromatic heterocycles. The van der Waals surface area contributed by atoms with Gasteiger partial charge in [-0.15, -0.1) is 0 Å². The van der Waals surface area contributed by atoms with Crippen LogP contribution < -0.4 is 4.89 Å². The van der Waals surface area contributed by atoms with Gasteiger partial charge in [0.05, 0.1) is 27.7 Å². The summed E-state index contributed by atoms with van der Waals surface area (Å²) in [6, 6.07) is 0. The molecule has 0 radical (unpaired) electrons. The number of nitrogens with zero attached hydrogens (tertiary/aromatic N) is 1. The third-order valence-corrected chi connectivity index (χ3v) is 20.1. The summed E-state index contributed by atoms with van der Waals surface area (Å²) in [5.41, 5.74) is 0. The molecule has 600 valence electrons. The van der Waals surface area contributed by atoms with Crippen molar-refractivity contribution >= 4 is 19.8 Å². The number of carbonyl (C=O) groups is 2. The minimum absolute atomic E-state index is 0.0397. The molecular formula is C94H166NO8P. The fraction of sp³-hybridized carbons (Fsp3) is 0.745. The zero-order valence-electron chi connectivity index (χ0n) is 68.7. The maximum atomic E-state index is 12.9. The van der Waals surface area contributed by atoms with Gasteiger partial charge in [0.2, 0.25) is 0 Å². The van der Waals surface area contributed by atoms with Gasteiger partial charge in [-0.1, -0.05) is 424 Å². The van der Waals surface area contributed by atoms with Crippen molar-refractivity contribution in [3.63, 3.8) is 0 Å². The van der Waals surface area contributed by atoms with Crippen molar-refractivity contribution in [2.24, 2.45) is 0 Å². The van der Waals surface area contributed by atoms with Crippen molar-refractivity contribution in [2.75, 3.05) is 47.5 Å². The molecule has 0 fully saturated rings. The van der Waals surface area contributed by atoms with Crippen molar-refractivity contribution < 1.29 is 42.1 Å². The number of carbonyl (C=O) groups excluding carboxylic acids is 2. The lowest BCUT2D eigenvalue weighted by molar-refractivity contribution is -0.870. The lowest BCUT2D eigenvalue weighted by Crippen LogP contribution is -2.37. The highest BCUT2D eigenvalue weighted by molar-refractivity contribution is 7.45. The van der Waals surface area contributed by atoms with Crippen LogP contribution >= 0.6 is 7.82 Å². The van der Waals surface area contributed by atoms with E-state index in [0.29, 0.717) is 17.4 Å². The number of phosphoric acid groups is 1. The van der Waals surface area contributed by atoms with Crippen LogP contribution in [0.5, 0.6) is 0 Å². The van der Waals surface area contributed by atoms with E-state index in [9.17, 15) is 19.0 Å². The third kappa shape index (κ3) is 87.1. The number of ether oxygens (including phenoxy) is 2. The first kappa shape index (κ1) is 100. The Labute approximate surface area is 644 Å². The zero-order chi connectivity index (χ0) is 75.4. The summed E-state index contributed by atoms with van der Waals surface area (Å²) in [4.78, 5) is 38.2. The van der Waals surface area contributed by atoms with Gasteiger partial charge in [0.15, 0.2) is 6.10 Å². The van der Waals surface area contributed by atoms with Crippen molar-refractivity contribution in [1.29, 1.82) is 0 Å². The SMILES string of the molecule is CC/C=C\C/C=C\C/C=C\C/C=C\C/C=C\C/C=C\C/C=C\C/C=C\C/C=C\C/C=C\C/C=C\CCCCCCCC(=O)OC(COC(=O)CCCCCCCCCCCCCCCCCCCCCCCCCCCCCCCCCCCCCCCCCCC)COP(=O)([O-])OCC[N+](C)(C)C. The first-order valence-electron chi connectivity index (χ1n) is 43.9. The molecule has 10 heteroatoms. The molecule has 0 aliphatic rings. The summed E-state index contributed by atoms with van der Waals surface area (Å²) in [5.74, 6) is -0.848. The third-order valence-electron chi connectivity index (χ3n) is 19.2. The molecule has 0 spiro atoms. The molecule has 0 aromatic carbocycles. The highest BCUT2D eigenvalue weighted by Crippen LogP contribution is 2.38. The summed E-state index contributed by atoms with van der Waals surface area (Å²) >= 11 is 0. The van der Waals surface area contributed by atoms with Crippen LogP contribution in [0.15, 0.2) is 134 Å². The van der Waals surface area contributed by atoms with Crippen LogP contribution in [0.2, 0.25) is 0 Å². The number of hydrogen-bond acceptors (Lipinski definition) is 8. The van der Waals surface area contributed by atoms with Crippen LogP contribution in [0.25, 0.3) is 0 Å². The molecule has 0 heterocycles. The van der Waals surface area contributed by atoms with E-state index in [0.717, 1.165) is 122 Å². The monoisotopic (exact) mass is 1470 g/mol. The van der Waals surface area contributed by atoms with Gasteiger partial charge in [-0.05, 0) is 96.3 Å². The molecule has 2 atom stereocenters. The number of allylic oxidation sites excluding steroid dienone is 22. The van der Waals surface area contributed by atoms with Gasteiger partial charge in [0.1, 0.15) is 19.8 Å². The maximum absolute atomic E-state index is 12.9. The summed E-state index contributed by atoms with van der Waals surface area (Å²) in [6.45, 7) is 4.14. The highest BCUT2D eigenvalue weighted by atomic mass is 31.2. The first-order valence-corrected chi connectivity index (χ1v) is 45.4. The average molecular weight is 1470 g/mol. The van der Waals surface area contributed by atoms with Gasteiger partial charge < -0.3 is 27.9 Å². The molecule has 0 N–H and O–H groups in total. The van der Waals surface area contributed by atoms with Gasteiger partial charge in [-0.25, -0.2) is 0 Å². The van der Waals surface area contributed by atoms with E-state index in [4.69, 9.17) is 18.5 Å². The second-order valence-corrected chi connectivity index (χ2v) is 31.9. The second kappa shape index (κ2) is 83.2. The Kier molecular flexibility index (Phi) is 80.1. The van der Waals surface area contributed by atoms with Gasteiger partial charge in [0.25, 0.3) is 7.82 Å². The summed E-state index contributed by atoms with van der Waals surface area (Å²) in [6.07, 6.45) is 122. The Morgan fingerprint density at radius 3 is 0.817 bits per heavy atom. The molecule has 0 saturated carbocycles.